The van der Waals surface area contributed by atoms with Gasteiger partial charge in [-0.05, 0) is 72.1 Å². The third kappa shape index (κ3) is 7.59. The Morgan fingerprint density at radius 2 is 1.27 bits per heavy atom. The summed E-state index contributed by atoms with van der Waals surface area (Å²) in [5.74, 6) is 0.233. The minimum absolute atomic E-state index is 0.333. The lowest BCUT2D eigenvalue weighted by Gasteiger charge is -2.37. The predicted molar refractivity (Wildman–Crippen MR) is 157 cm³/mol. The average Bonchev–Trinajstić information content (AvgIpc) is 3.46. The molecule has 0 saturated carbocycles. The lowest BCUT2D eigenvalue weighted by Crippen LogP contribution is -2.46. The van der Waals surface area contributed by atoms with Crippen LogP contribution in [-0.4, -0.2) is 37.9 Å². The van der Waals surface area contributed by atoms with Crippen LogP contribution in [0.25, 0.3) is 0 Å². The number of nitrogens with one attached hydrogen (secondary N) is 1. The molecule has 2 heterocycles. The highest BCUT2D eigenvalue weighted by molar-refractivity contribution is 7.12. The van der Waals surface area contributed by atoms with Crippen LogP contribution in [0.3, 0.4) is 0 Å². The molecule has 1 aromatic heterocycles. The van der Waals surface area contributed by atoms with Gasteiger partial charge in [0.2, 0.25) is 5.91 Å². The van der Waals surface area contributed by atoms with E-state index in [0.717, 1.165) is 48.1 Å². The van der Waals surface area contributed by atoms with Gasteiger partial charge in [0.05, 0.1) is 10.6 Å². The first-order chi connectivity index (χ1) is 18.0. The van der Waals surface area contributed by atoms with Crippen molar-refractivity contribution in [3.05, 3.63) is 101 Å². The van der Waals surface area contributed by atoms with Crippen molar-refractivity contribution in [1.82, 2.24) is 0 Å². The molecular formula is C29H32N6OS. The Labute approximate surface area is 222 Å². The van der Waals surface area contributed by atoms with E-state index in [1.807, 2.05) is 47.8 Å². The van der Waals surface area contributed by atoms with E-state index >= 15 is 0 Å². The number of para-hydroxylation sites is 1. The molecule has 1 saturated heterocycles. The highest BCUT2D eigenvalue weighted by Crippen LogP contribution is 2.25. The Hall–Kier alpha value is -4.30. The van der Waals surface area contributed by atoms with Crippen molar-refractivity contribution < 1.29 is 4.79 Å². The van der Waals surface area contributed by atoms with Crippen LogP contribution < -0.4 is 26.6 Å². The van der Waals surface area contributed by atoms with Crippen molar-refractivity contribution in [2.45, 2.75) is 6.92 Å². The molecule has 4 aromatic rings. The van der Waals surface area contributed by atoms with Crippen molar-refractivity contribution in [1.29, 1.82) is 0 Å². The fourth-order valence-electron chi connectivity index (χ4n) is 4.02. The molecule has 3 aromatic carbocycles. The molecule has 0 atom stereocenters. The van der Waals surface area contributed by atoms with E-state index in [-0.39, 0.29) is 5.91 Å². The highest BCUT2D eigenvalue weighted by atomic mass is 32.1. The number of carbonyl (C=O) groups excluding carboxylic acids is 1. The van der Waals surface area contributed by atoms with Gasteiger partial charge in [0.25, 0.3) is 0 Å². The summed E-state index contributed by atoms with van der Waals surface area (Å²) in [6.45, 7) is 5.28. The van der Waals surface area contributed by atoms with Gasteiger partial charge < -0.3 is 26.6 Å². The van der Waals surface area contributed by atoms with Gasteiger partial charge in [-0.2, -0.15) is 0 Å². The summed E-state index contributed by atoms with van der Waals surface area (Å²) in [6, 6.07) is 31.3. The summed E-state index contributed by atoms with van der Waals surface area (Å²) in [6.07, 6.45) is 0. The van der Waals surface area contributed by atoms with Gasteiger partial charge in [-0.15, -0.1) is 11.3 Å². The predicted octanol–water partition coefficient (Wildman–Crippen LogP) is 5.35. The maximum atomic E-state index is 9.22. The molecule has 1 amide bonds. The summed E-state index contributed by atoms with van der Waals surface area (Å²) in [4.78, 5) is 19.6. The van der Waals surface area contributed by atoms with Crippen molar-refractivity contribution in [3.8, 4) is 0 Å². The summed E-state index contributed by atoms with van der Waals surface area (Å²) in [5.41, 5.74) is 16.2. The molecule has 190 valence electrons. The normalized spacial score (nSPS) is 13.5. The lowest BCUT2D eigenvalue weighted by molar-refractivity contribution is -0.115. The van der Waals surface area contributed by atoms with E-state index in [1.165, 1.54) is 18.3 Å². The number of primary amides is 1. The summed E-state index contributed by atoms with van der Waals surface area (Å²) in [7, 11) is 0. The molecule has 1 aliphatic heterocycles. The van der Waals surface area contributed by atoms with Crippen LogP contribution in [0.5, 0.6) is 0 Å². The average molecular weight is 513 g/mol. The first-order valence-corrected chi connectivity index (χ1v) is 13.0. The van der Waals surface area contributed by atoms with Gasteiger partial charge in [0, 0.05) is 55.9 Å². The number of piperazine rings is 1. The smallest absolute Gasteiger partial charge is 0.214 e. The first-order valence-electron chi connectivity index (χ1n) is 12.1. The molecule has 7 nitrogen and oxygen atoms in total. The molecule has 5 N–H and O–H groups in total. The number of thiophene rings is 1. The van der Waals surface area contributed by atoms with Gasteiger partial charge in [-0.3, -0.25) is 4.79 Å². The van der Waals surface area contributed by atoms with Gasteiger partial charge in [-0.1, -0.05) is 24.3 Å². The number of nitrogens with two attached hydrogens (primary N) is 2. The number of anilines is 4. The molecule has 8 heteroatoms. The summed E-state index contributed by atoms with van der Waals surface area (Å²) >= 11 is 1.60. The monoisotopic (exact) mass is 512 g/mol. The number of amides is 1. The van der Waals surface area contributed by atoms with Crippen LogP contribution in [0, 0.1) is 0 Å². The van der Waals surface area contributed by atoms with Gasteiger partial charge >= 0.3 is 0 Å². The number of nitrogens with zero attached hydrogens (tertiary/aromatic N) is 3. The van der Waals surface area contributed by atoms with Crippen LogP contribution >= 0.6 is 11.3 Å². The molecule has 0 spiro atoms. The standard InChI is InChI=1S/C27H27N5S.C2H5NO/c28-27(26-7-4-20-33-26)30-23-10-14-25(15-11-23)32-18-16-31(17-19-32)24-12-8-22(9-13-24)29-21-5-2-1-3-6-21;1-2(3)4/h1-15,20,29H,16-19H2,(H2,28,30);1H3,(H2,3,4). The Balaban J connectivity index is 0.000000747. The van der Waals surface area contributed by atoms with Crippen molar-refractivity contribution >= 4 is 51.5 Å². The fraction of sp³-hybridized carbons (Fsp3) is 0.172. The largest absolute Gasteiger partial charge is 0.383 e. The van der Waals surface area contributed by atoms with Crippen molar-refractivity contribution in [2.24, 2.45) is 16.5 Å². The van der Waals surface area contributed by atoms with E-state index < -0.39 is 0 Å². The molecule has 0 aliphatic carbocycles. The highest BCUT2D eigenvalue weighted by Gasteiger charge is 2.17. The molecular weight excluding hydrogens is 480 g/mol. The maximum absolute atomic E-state index is 9.22. The third-order valence-corrected chi connectivity index (χ3v) is 6.70. The maximum Gasteiger partial charge on any atom is 0.214 e. The van der Waals surface area contributed by atoms with Crippen LogP contribution in [0.15, 0.2) is 101 Å². The van der Waals surface area contributed by atoms with Crippen LogP contribution in [0.2, 0.25) is 0 Å². The van der Waals surface area contributed by atoms with Gasteiger partial charge in [0.1, 0.15) is 5.84 Å². The van der Waals surface area contributed by atoms with Crippen LogP contribution in [0.4, 0.5) is 28.4 Å². The summed E-state index contributed by atoms with van der Waals surface area (Å²) in [5, 5.41) is 5.45. The van der Waals surface area contributed by atoms with E-state index in [9.17, 15) is 4.79 Å². The molecule has 0 unspecified atom stereocenters. The van der Waals surface area contributed by atoms with Crippen LogP contribution in [0.1, 0.15) is 11.8 Å². The van der Waals surface area contributed by atoms with Gasteiger partial charge in [-0.25, -0.2) is 4.99 Å². The molecule has 0 bridgehead atoms. The second-order valence-electron chi connectivity index (χ2n) is 8.61. The van der Waals surface area contributed by atoms with Crippen molar-refractivity contribution in [3.63, 3.8) is 0 Å². The second-order valence-corrected chi connectivity index (χ2v) is 9.56. The zero-order chi connectivity index (χ0) is 26.0. The molecule has 5 rings (SSSR count). The minimum atomic E-state index is -0.333. The molecule has 1 aliphatic rings. The quantitative estimate of drug-likeness (QED) is 0.239. The Morgan fingerprint density at radius 3 is 1.78 bits per heavy atom. The minimum Gasteiger partial charge on any atom is -0.383 e. The van der Waals surface area contributed by atoms with E-state index in [0.29, 0.717) is 5.84 Å². The SMILES string of the molecule is CC(N)=O.NC(=Nc1ccc(N2CCN(c3ccc(Nc4ccccc4)cc3)CC2)cc1)c1cccs1. The number of carbonyl (C=O) groups is 1. The lowest BCUT2D eigenvalue weighted by atomic mass is 10.2. The number of benzene rings is 3. The van der Waals surface area contributed by atoms with E-state index in [1.54, 1.807) is 11.3 Å². The number of rotatable bonds is 6. The van der Waals surface area contributed by atoms with E-state index in [4.69, 9.17) is 5.73 Å². The number of amidine groups is 1. The molecule has 37 heavy (non-hydrogen) atoms. The number of hydrogen-bond acceptors (Lipinski definition) is 6. The summed E-state index contributed by atoms with van der Waals surface area (Å²) < 4.78 is 0. The number of hydrogen-bond donors (Lipinski definition) is 3. The zero-order valence-electron chi connectivity index (χ0n) is 20.9. The Kier molecular flexibility index (Phi) is 8.78. The second kappa shape index (κ2) is 12.6. The van der Waals surface area contributed by atoms with Crippen LogP contribution in [-0.2, 0) is 4.79 Å². The Bertz CT molecular complexity index is 1280. The van der Waals surface area contributed by atoms with E-state index in [2.05, 4.69) is 74.4 Å². The molecule has 0 radical (unpaired) electrons. The first kappa shape index (κ1) is 25.8. The fourth-order valence-corrected chi connectivity index (χ4v) is 4.65. The zero-order valence-corrected chi connectivity index (χ0v) is 21.7. The molecule has 1 fully saturated rings. The topological polar surface area (TPSA) is 100.0 Å². The number of aliphatic imine (C=N–C) groups is 1. The van der Waals surface area contributed by atoms with Crippen molar-refractivity contribution in [2.75, 3.05) is 41.3 Å². The van der Waals surface area contributed by atoms with Gasteiger partial charge in [0.15, 0.2) is 0 Å². The third-order valence-electron chi connectivity index (χ3n) is 5.81. The Morgan fingerprint density at radius 1 is 0.757 bits per heavy atom.